The van der Waals surface area contributed by atoms with Gasteiger partial charge in [0.25, 0.3) is 0 Å². The van der Waals surface area contributed by atoms with E-state index in [2.05, 4.69) is 0 Å². The van der Waals surface area contributed by atoms with E-state index in [-0.39, 0.29) is 5.56 Å². The maximum Gasteiger partial charge on any atom is 0.335 e. The third-order valence-electron chi connectivity index (χ3n) is 3.68. The first-order chi connectivity index (χ1) is 8.67. The summed E-state index contributed by atoms with van der Waals surface area (Å²) in [6, 6.07) is 6.34. The van der Waals surface area contributed by atoms with Gasteiger partial charge in [-0.2, -0.15) is 0 Å². The van der Waals surface area contributed by atoms with Crippen LogP contribution in [0.15, 0.2) is 24.3 Å². The van der Waals surface area contributed by atoms with E-state index in [0.717, 1.165) is 11.8 Å². The van der Waals surface area contributed by atoms with Crippen molar-refractivity contribution in [3.63, 3.8) is 0 Å². The van der Waals surface area contributed by atoms with Gasteiger partial charge in [0, 0.05) is 7.11 Å². The smallest absolute Gasteiger partial charge is 0.335 e. The molecule has 2 aliphatic carbocycles. The number of hydrogen-bond donors (Lipinski definition) is 1. The lowest BCUT2D eigenvalue weighted by Crippen LogP contribution is -1.95. The Hall–Kier alpha value is -1.55. The summed E-state index contributed by atoms with van der Waals surface area (Å²) in [7, 11) is 3.32. The lowest BCUT2D eigenvalue weighted by Gasteiger charge is -2.03. The fourth-order valence-corrected chi connectivity index (χ4v) is 2.40. The van der Waals surface area contributed by atoms with E-state index in [1.165, 1.54) is 32.1 Å². The molecule has 0 bridgehead atoms. The van der Waals surface area contributed by atoms with E-state index >= 15 is 0 Å². The fourth-order valence-electron chi connectivity index (χ4n) is 2.40. The van der Waals surface area contributed by atoms with Gasteiger partial charge in [-0.1, -0.05) is 6.07 Å². The van der Waals surface area contributed by atoms with Crippen molar-refractivity contribution in [2.45, 2.75) is 18.9 Å². The molecule has 2 saturated carbocycles. The normalized spacial score (nSPS) is 27.1. The fraction of sp³-hybridized carbons (Fsp3) is 0.500. The van der Waals surface area contributed by atoms with E-state index in [4.69, 9.17) is 14.6 Å². The predicted octanol–water partition coefficient (Wildman–Crippen LogP) is 2.43. The Balaban J connectivity index is 0.000000146. The molecule has 0 aliphatic heterocycles. The van der Waals surface area contributed by atoms with Gasteiger partial charge in [0.1, 0.15) is 5.75 Å². The summed E-state index contributed by atoms with van der Waals surface area (Å²) in [6.07, 6.45) is 3.55. The highest BCUT2D eigenvalue weighted by molar-refractivity contribution is 5.87. The third-order valence-corrected chi connectivity index (χ3v) is 3.68. The lowest BCUT2D eigenvalue weighted by molar-refractivity contribution is 0.0696. The van der Waals surface area contributed by atoms with Crippen molar-refractivity contribution in [3.8, 4) is 5.75 Å². The summed E-state index contributed by atoms with van der Waals surface area (Å²) in [4.78, 5) is 10.4. The molecule has 0 radical (unpaired) electrons. The largest absolute Gasteiger partial charge is 0.497 e. The molecule has 1 aromatic rings. The number of benzene rings is 1. The van der Waals surface area contributed by atoms with Crippen LogP contribution in [0, 0.1) is 11.8 Å². The lowest BCUT2D eigenvalue weighted by atomic mass is 10.0. The van der Waals surface area contributed by atoms with Crippen LogP contribution in [0.25, 0.3) is 0 Å². The van der Waals surface area contributed by atoms with E-state index in [1.54, 1.807) is 12.1 Å². The van der Waals surface area contributed by atoms with Crippen LogP contribution in [0.5, 0.6) is 5.75 Å². The van der Waals surface area contributed by atoms with Crippen molar-refractivity contribution in [1.29, 1.82) is 0 Å². The van der Waals surface area contributed by atoms with E-state index in [1.807, 2.05) is 7.11 Å². The molecular formula is C14H18O4. The predicted molar refractivity (Wildman–Crippen MR) is 67.0 cm³/mol. The van der Waals surface area contributed by atoms with Crippen molar-refractivity contribution in [2.75, 3.05) is 14.2 Å². The number of carboxylic acids is 1. The molecule has 4 nitrogen and oxygen atoms in total. The van der Waals surface area contributed by atoms with Crippen LogP contribution < -0.4 is 4.74 Å². The van der Waals surface area contributed by atoms with Gasteiger partial charge in [-0.3, -0.25) is 0 Å². The zero-order valence-electron chi connectivity index (χ0n) is 10.6. The average Bonchev–Trinajstić information content (AvgIpc) is 2.90. The summed E-state index contributed by atoms with van der Waals surface area (Å²) >= 11 is 0. The van der Waals surface area contributed by atoms with Gasteiger partial charge in [-0.25, -0.2) is 4.79 Å². The number of rotatable bonds is 3. The van der Waals surface area contributed by atoms with Gasteiger partial charge in [-0.15, -0.1) is 0 Å². The van der Waals surface area contributed by atoms with Gasteiger partial charge in [0.05, 0.1) is 18.8 Å². The molecule has 2 unspecified atom stereocenters. The van der Waals surface area contributed by atoms with Crippen molar-refractivity contribution in [1.82, 2.24) is 0 Å². The summed E-state index contributed by atoms with van der Waals surface area (Å²) in [5, 5.41) is 8.55. The first kappa shape index (κ1) is 12.9. The van der Waals surface area contributed by atoms with E-state index in [0.29, 0.717) is 11.9 Å². The molecule has 0 saturated heterocycles. The van der Waals surface area contributed by atoms with Crippen LogP contribution in [0.3, 0.4) is 0 Å². The first-order valence-corrected chi connectivity index (χ1v) is 6.07. The van der Waals surface area contributed by atoms with Gasteiger partial charge in [-0.05, 0) is 42.9 Å². The standard InChI is InChI=1S/C8H8O3.C6H10O/c1-11-7-4-2-3-6(5-7)8(9)10;1-7-6-4-2-3-5(4)6/h2-5H,1H3,(H,9,10);4-6H,2-3H2,1H3. The second-order valence-electron chi connectivity index (χ2n) is 4.64. The summed E-state index contributed by atoms with van der Waals surface area (Å²) in [5.74, 6) is 1.60. The summed E-state index contributed by atoms with van der Waals surface area (Å²) in [6.45, 7) is 0. The SMILES string of the molecule is COC1C2CCC21.COc1cccc(C(=O)O)c1. The molecule has 0 amide bonds. The number of aromatic carboxylic acids is 1. The molecule has 1 N–H and O–H groups in total. The highest BCUT2D eigenvalue weighted by Crippen LogP contribution is 2.57. The van der Waals surface area contributed by atoms with E-state index in [9.17, 15) is 4.79 Å². The van der Waals surface area contributed by atoms with Crippen LogP contribution in [0.1, 0.15) is 23.2 Å². The maximum absolute atomic E-state index is 10.4. The minimum Gasteiger partial charge on any atom is -0.497 e. The maximum atomic E-state index is 10.4. The highest BCUT2D eigenvalue weighted by atomic mass is 16.5. The Labute approximate surface area is 107 Å². The molecule has 3 rings (SSSR count). The molecule has 0 spiro atoms. The monoisotopic (exact) mass is 250 g/mol. The Morgan fingerprint density at radius 1 is 1.28 bits per heavy atom. The number of carboxylic acid groups (broad SMARTS) is 1. The minimum absolute atomic E-state index is 0.240. The summed E-state index contributed by atoms with van der Waals surface area (Å²) < 4.78 is 9.99. The van der Waals surface area contributed by atoms with Gasteiger partial charge >= 0.3 is 5.97 Å². The van der Waals surface area contributed by atoms with E-state index < -0.39 is 5.97 Å². The molecule has 2 fully saturated rings. The zero-order valence-corrected chi connectivity index (χ0v) is 10.6. The van der Waals surface area contributed by atoms with Crippen molar-refractivity contribution in [2.24, 2.45) is 11.8 Å². The minimum atomic E-state index is -0.941. The molecule has 18 heavy (non-hydrogen) atoms. The molecule has 1 aromatic carbocycles. The Morgan fingerprint density at radius 2 is 1.94 bits per heavy atom. The zero-order chi connectivity index (χ0) is 13.1. The number of methoxy groups -OCH3 is 2. The third kappa shape index (κ3) is 2.64. The number of ether oxygens (including phenoxy) is 2. The average molecular weight is 250 g/mol. The number of carbonyl (C=O) groups is 1. The van der Waals surface area contributed by atoms with Crippen molar-refractivity contribution < 1.29 is 19.4 Å². The second-order valence-corrected chi connectivity index (χ2v) is 4.64. The van der Waals surface area contributed by atoms with Crippen LogP contribution in [-0.4, -0.2) is 31.4 Å². The highest BCUT2D eigenvalue weighted by Gasteiger charge is 2.56. The van der Waals surface area contributed by atoms with Gasteiger partial charge < -0.3 is 14.6 Å². The number of hydrogen-bond acceptors (Lipinski definition) is 3. The molecule has 2 atom stereocenters. The topological polar surface area (TPSA) is 55.8 Å². The van der Waals surface area contributed by atoms with Crippen LogP contribution >= 0.6 is 0 Å². The van der Waals surface area contributed by atoms with Crippen LogP contribution in [0.4, 0.5) is 0 Å². The van der Waals surface area contributed by atoms with Crippen molar-refractivity contribution in [3.05, 3.63) is 29.8 Å². The van der Waals surface area contributed by atoms with Gasteiger partial charge in [0.2, 0.25) is 0 Å². The van der Waals surface area contributed by atoms with Crippen LogP contribution in [-0.2, 0) is 4.74 Å². The molecule has 98 valence electrons. The van der Waals surface area contributed by atoms with Crippen LogP contribution in [0.2, 0.25) is 0 Å². The number of fused-ring (bicyclic) bond motifs is 1. The second kappa shape index (κ2) is 5.40. The molecule has 4 heteroatoms. The Kier molecular flexibility index (Phi) is 3.87. The molecular weight excluding hydrogens is 232 g/mol. The Morgan fingerprint density at radius 3 is 2.33 bits per heavy atom. The molecule has 0 aromatic heterocycles. The summed E-state index contributed by atoms with van der Waals surface area (Å²) in [5.41, 5.74) is 0.240. The molecule has 0 heterocycles. The van der Waals surface area contributed by atoms with Gasteiger partial charge in [0.15, 0.2) is 0 Å². The first-order valence-electron chi connectivity index (χ1n) is 6.07. The Bertz CT molecular complexity index is 420. The molecule has 2 aliphatic rings. The van der Waals surface area contributed by atoms with Crippen molar-refractivity contribution >= 4 is 5.97 Å². The quantitative estimate of drug-likeness (QED) is 0.895.